The van der Waals surface area contributed by atoms with Crippen LogP contribution < -0.4 is 5.32 Å². The fourth-order valence-electron chi connectivity index (χ4n) is 1.60. The van der Waals surface area contributed by atoms with E-state index in [9.17, 15) is 4.79 Å². The average molecular weight is 226 g/mol. The van der Waals surface area contributed by atoms with Gasteiger partial charge in [-0.3, -0.25) is 9.78 Å². The van der Waals surface area contributed by atoms with Gasteiger partial charge in [0.15, 0.2) is 0 Å². The maximum Gasteiger partial charge on any atom is 0.253 e. The molecule has 1 atom stereocenters. The van der Waals surface area contributed by atoms with E-state index >= 15 is 0 Å². The number of carbonyl (C=O) groups is 1. The lowest BCUT2D eigenvalue weighted by molar-refractivity contribution is 0.0939. The number of rotatable bonds is 3. The minimum Gasteiger partial charge on any atom is -0.345 e. The third kappa shape index (κ3) is 2.91. The van der Waals surface area contributed by atoms with Gasteiger partial charge in [0.05, 0.1) is 11.6 Å². The molecule has 1 N–H and O–H groups in total. The molecular weight excluding hydrogens is 212 g/mol. The fourth-order valence-corrected chi connectivity index (χ4v) is 1.60. The number of aromatic nitrogens is 1. The van der Waals surface area contributed by atoms with Crippen molar-refractivity contribution >= 4 is 5.91 Å². The van der Waals surface area contributed by atoms with Gasteiger partial charge in [0.25, 0.3) is 5.91 Å². The predicted octanol–water partition coefficient (Wildman–Crippen LogP) is 2.57. The summed E-state index contributed by atoms with van der Waals surface area (Å²) in [4.78, 5) is 15.8. The van der Waals surface area contributed by atoms with Gasteiger partial charge in [0.1, 0.15) is 0 Å². The van der Waals surface area contributed by atoms with Crippen LogP contribution in [0.3, 0.4) is 0 Å². The number of nitrogens with one attached hydrogen (secondary N) is 1. The molecule has 1 unspecified atom stereocenters. The summed E-state index contributed by atoms with van der Waals surface area (Å²) in [6.07, 6.45) is 3.21. The molecule has 86 valence electrons. The van der Waals surface area contributed by atoms with Crippen LogP contribution in [-0.4, -0.2) is 10.9 Å². The molecule has 3 nitrogen and oxygen atoms in total. The Bertz CT molecular complexity index is 482. The van der Waals surface area contributed by atoms with Gasteiger partial charge in [-0.2, -0.15) is 0 Å². The number of amides is 1. The van der Waals surface area contributed by atoms with Crippen LogP contribution in [0.5, 0.6) is 0 Å². The summed E-state index contributed by atoms with van der Waals surface area (Å²) in [7, 11) is 0. The summed E-state index contributed by atoms with van der Waals surface area (Å²) >= 11 is 0. The van der Waals surface area contributed by atoms with Crippen LogP contribution >= 0.6 is 0 Å². The Kier molecular flexibility index (Phi) is 3.50. The molecule has 0 radical (unpaired) electrons. The van der Waals surface area contributed by atoms with Crippen molar-refractivity contribution in [1.29, 1.82) is 0 Å². The van der Waals surface area contributed by atoms with Gasteiger partial charge in [0.2, 0.25) is 0 Å². The van der Waals surface area contributed by atoms with Gasteiger partial charge < -0.3 is 5.32 Å². The second-order valence-electron chi connectivity index (χ2n) is 3.85. The molecule has 1 aromatic carbocycles. The Balaban J connectivity index is 2.05. The summed E-state index contributed by atoms with van der Waals surface area (Å²) in [5.41, 5.74) is 1.67. The Morgan fingerprint density at radius 2 is 1.94 bits per heavy atom. The molecule has 1 amide bonds. The lowest BCUT2D eigenvalue weighted by atomic mass is 10.1. The highest BCUT2D eigenvalue weighted by atomic mass is 16.1. The molecule has 0 bridgehead atoms. The van der Waals surface area contributed by atoms with Crippen molar-refractivity contribution < 1.29 is 4.79 Å². The monoisotopic (exact) mass is 226 g/mol. The largest absolute Gasteiger partial charge is 0.345 e. The molecular formula is C14H14N2O. The SMILES string of the molecule is CC(NC(=O)c1cccnc1)c1ccccc1. The number of benzene rings is 1. The molecule has 0 spiro atoms. The van der Waals surface area contributed by atoms with Gasteiger partial charge >= 0.3 is 0 Å². The maximum absolute atomic E-state index is 11.9. The number of carbonyl (C=O) groups excluding carboxylic acids is 1. The molecule has 1 heterocycles. The van der Waals surface area contributed by atoms with Gasteiger partial charge in [0, 0.05) is 12.4 Å². The number of hydrogen-bond acceptors (Lipinski definition) is 2. The van der Waals surface area contributed by atoms with Crippen LogP contribution in [0.2, 0.25) is 0 Å². The molecule has 0 saturated heterocycles. The molecule has 0 aliphatic heterocycles. The Morgan fingerprint density at radius 1 is 1.18 bits per heavy atom. The highest BCUT2D eigenvalue weighted by Crippen LogP contribution is 2.11. The van der Waals surface area contributed by atoms with E-state index in [1.807, 2.05) is 37.3 Å². The van der Waals surface area contributed by atoms with Crippen LogP contribution in [0.25, 0.3) is 0 Å². The third-order valence-electron chi connectivity index (χ3n) is 2.57. The van der Waals surface area contributed by atoms with Crippen molar-refractivity contribution in [2.24, 2.45) is 0 Å². The van der Waals surface area contributed by atoms with Crippen molar-refractivity contribution in [3.8, 4) is 0 Å². The van der Waals surface area contributed by atoms with Gasteiger partial charge in [-0.1, -0.05) is 30.3 Å². The second kappa shape index (κ2) is 5.25. The third-order valence-corrected chi connectivity index (χ3v) is 2.57. The van der Waals surface area contributed by atoms with Crippen molar-refractivity contribution in [1.82, 2.24) is 10.3 Å². The predicted molar refractivity (Wildman–Crippen MR) is 66.6 cm³/mol. The summed E-state index contributed by atoms with van der Waals surface area (Å²) in [5.74, 6) is -0.102. The van der Waals surface area contributed by atoms with E-state index < -0.39 is 0 Å². The summed E-state index contributed by atoms with van der Waals surface area (Å²) in [6, 6.07) is 13.4. The van der Waals surface area contributed by atoms with Crippen molar-refractivity contribution in [2.75, 3.05) is 0 Å². The topological polar surface area (TPSA) is 42.0 Å². The van der Waals surface area contributed by atoms with E-state index in [1.54, 1.807) is 24.5 Å². The first-order valence-electron chi connectivity index (χ1n) is 5.53. The highest BCUT2D eigenvalue weighted by molar-refractivity contribution is 5.94. The smallest absolute Gasteiger partial charge is 0.253 e. The molecule has 2 rings (SSSR count). The first kappa shape index (κ1) is 11.3. The molecule has 0 aliphatic rings. The molecule has 0 aliphatic carbocycles. The minimum atomic E-state index is -0.102. The first-order valence-corrected chi connectivity index (χ1v) is 5.53. The van der Waals surface area contributed by atoms with E-state index in [-0.39, 0.29) is 11.9 Å². The van der Waals surface area contributed by atoms with Crippen molar-refractivity contribution in [2.45, 2.75) is 13.0 Å². The highest BCUT2D eigenvalue weighted by Gasteiger charge is 2.10. The quantitative estimate of drug-likeness (QED) is 0.874. The molecule has 0 fully saturated rings. The van der Waals surface area contributed by atoms with Gasteiger partial charge in [-0.25, -0.2) is 0 Å². The molecule has 2 aromatic rings. The zero-order chi connectivity index (χ0) is 12.1. The van der Waals surface area contributed by atoms with E-state index in [1.165, 1.54) is 0 Å². The number of pyridine rings is 1. The fraction of sp³-hybridized carbons (Fsp3) is 0.143. The Hall–Kier alpha value is -2.16. The van der Waals surface area contributed by atoms with Gasteiger partial charge in [-0.15, -0.1) is 0 Å². The average Bonchev–Trinajstić information content (AvgIpc) is 2.40. The zero-order valence-corrected chi connectivity index (χ0v) is 9.63. The van der Waals surface area contributed by atoms with E-state index in [0.717, 1.165) is 5.56 Å². The van der Waals surface area contributed by atoms with Crippen LogP contribution in [0.4, 0.5) is 0 Å². The van der Waals surface area contributed by atoms with Crippen LogP contribution in [0.15, 0.2) is 54.9 Å². The second-order valence-corrected chi connectivity index (χ2v) is 3.85. The molecule has 1 aromatic heterocycles. The molecule has 3 heteroatoms. The Labute approximate surface area is 101 Å². The van der Waals surface area contributed by atoms with Crippen LogP contribution in [-0.2, 0) is 0 Å². The van der Waals surface area contributed by atoms with Crippen LogP contribution in [0.1, 0.15) is 28.9 Å². The van der Waals surface area contributed by atoms with Gasteiger partial charge in [-0.05, 0) is 24.6 Å². The minimum absolute atomic E-state index is 0.0103. The standard InChI is InChI=1S/C14H14N2O/c1-11(12-6-3-2-4-7-12)16-14(17)13-8-5-9-15-10-13/h2-11H,1H3,(H,16,17). The Morgan fingerprint density at radius 3 is 2.59 bits per heavy atom. The normalized spacial score (nSPS) is 11.8. The lowest BCUT2D eigenvalue weighted by Gasteiger charge is -2.13. The number of nitrogens with zero attached hydrogens (tertiary/aromatic N) is 1. The summed E-state index contributed by atoms with van der Waals surface area (Å²) < 4.78 is 0. The number of hydrogen-bond donors (Lipinski definition) is 1. The van der Waals surface area contributed by atoms with Crippen molar-refractivity contribution in [3.63, 3.8) is 0 Å². The van der Waals surface area contributed by atoms with Crippen LogP contribution in [0, 0.1) is 0 Å². The lowest BCUT2D eigenvalue weighted by Crippen LogP contribution is -2.26. The molecule has 0 saturated carbocycles. The summed E-state index contributed by atoms with van der Waals surface area (Å²) in [5, 5.41) is 2.93. The van der Waals surface area contributed by atoms with Crippen molar-refractivity contribution in [3.05, 3.63) is 66.0 Å². The summed E-state index contributed by atoms with van der Waals surface area (Å²) in [6.45, 7) is 1.96. The van der Waals surface area contributed by atoms with E-state index in [4.69, 9.17) is 0 Å². The first-order chi connectivity index (χ1) is 8.27. The maximum atomic E-state index is 11.9. The van der Waals surface area contributed by atoms with E-state index in [2.05, 4.69) is 10.3 Å². The molecule has 17 heavy (non-hydrogen) atoms. The van der Waals surface area contributed by atoms with E-state index in [0.29, 0.717) is 5.56 Å². The zero-order valence-electron chi connectivity index (χ0n) is 9.63.